The maximum atomic E-state index is 12.4. The number of ether oxygens (including phenoxy) is 1. The fourth-order valence-corrected chi connectivity index (χ4v) is 3.90. The standard InChI is InChI=1S/C19H28N2O4/c1-15(16-5-3-2-4-6-16)11-21-14-19(25-18(21)24)7-9-20(10-8-19)17(12-22)13-23/h2-6,15,17,22-23H,7-14H2,1H3/t15-/m0/s1. The van der Waals surface area contributed by atoms with Gasteiger partial charge in [0.05, 0.1) is 25.8 Å². The Bertz CT molecular complexity index is 568. The summed E-state index contributed by atoms with van der Waals surface area (Å²) in [5, 5.41) is 18.7. The first kappa shape index (κ1) is 18.2. The minimum absolute atomic E-state index is 0.0516. The first-order valence-corrected chi connectivity index (χ1v) is 9.05. The molecule has 0 radical (unpaired) electrons. The largest absolute Gasteiger partial charge is 0.441 e. The fraction of sp³-hybridized carbons (Fsp3) is 0.632. The van der Waals surface area contributed by atoms with Gasteiger partial charge >= 0.3 is 6.09 Å². The molecular weight excluding hydrogens is 320 g/mol. The van der Waals surface area contributed by atoms with Crippen LogP contribution in [0.25, 0.3) is 0 Å². The lowest BCUT2D eigenvalue weighted by Crippen LogP contribution is -2.52. The van der Waals surface area contributed by atoms with Crippen LogP contribution in [0.3, 0.4) is 0 Å². The predicted molar refractivity (Wildman–Crippen MR) is 94.4 cm³/mol. The highest BCUT2D eigenvalue weighted by atomic mass is 16.6. The van der Waals surface area contributed by atoms with Crippen LogP contribution >= 0.6 is 0 Å². The van der Waals surface area contributed by atoms with Gasteiger partial charge in [-0.1, -0.05) is 37.3 Å². The second-order valence-electron chi connectivity index (χ2n) is 7.30. The van der Waals surface area contributed by atoms with Crippen molar-refractivity contribution in [2.24, 2.45) is 0 Å². The number of hydrogen-bond acceptors (Lipinski definition) is 5. The van der Waals surface area contributed by atoms with Crippen molar-refractivity contribution in [1.29, 1.82) is 0 Å². The van der Waals surface area contributed by atoms with Crippen molar-refractivity contribution < 1.29 is 19.7 Å². The Kier molecular flexibility index (Phi) is 5.61. The summed E-state index contributed by atoms with van der Waals surface area (Å²) in [5.74, 6) is 0.261. The second-order valence-corrected chi connectivity index (χ2v) is 7.30. The van der Waals surface area contributed by atoms with Crippen LogP contribution < -0.4 is 0 Å². The summed E-state index contributed by atoms with van der Waals surface area (Å²) >= 11 is 0. The van der Waals surface area contributed by atoms with Crippen molar-refractivity contribution in [3.05, 3.63) is 35.9 Å². The number of aliphatic hydroxyl groups is 2. The van der Waals surface area contributed by atoms with Gasteiger partial charge in [-0.2, -0.15) is 0 Å². The average Bonchev–Trinajstić information content (AvgIpc) is 2.93. The minimum atomic E-state index is -0.417. The van der Waals surface area contributed by atoms with Gasteiger partial charge < -0.3 is 19.8 Å². The number of aliphatic hydroxyl groups excluding tert-OH is 2. The molecule has 1 spiro atoms. The third kappa shape index (κ3) is 3.97. The number of hydrogen-bond donors (Lipinski definition) is 2. The van der Waals surface area contributed by atoms with Gasteiger partial charge in [0.25, 0.3) is 0 Å². The van der Waals surface area contributed by atoms with E-state index in [-0.39, 0.29) is 31.3 Å². The van der Waals surface area contributed by atoms with Gasteiger partial charge in [0.15, 0.2) is 0 Å². The molecule has 2 fully saturated rings. The molecule has 6 heteroatoms. The van der Waals surface area contributed by atoms with Crippen LogP contribution in [0.4, 0.5) is 4.79 Å². The molecule has 25 heavy (non-hydrogen) atoms. The highest BCUT2D eigenvalue weighted by Gasteiger charge is 2.47. The molecule has 0 saturated carbocycles. The van der Waals surface area contributed by atoms with E-state index in [2.05, 4.69) is 24.0 Å². The highest BCUT2D eigenvalue weighted by molar-refractivity contribution is 5.70. The minimum Gasteiger partial charge on any atom is -0.441 e. The highest BCUT2D eigenvalue weighted by Crippen LogP contribution is 2.34. The number of nitrogens with zero attached hydrogens (tertiary/aromatic N) is 2. The summed E-state index contributed by atoms with van der Waals surface area (Å²) in [6.07, 6.45) is 1.26. The quantitative estimate of drug-likeness (QED) is 0.814. The topological polar surface area (TPSA) is 73.2 Å². The molecule has 1 aromatic carbocycles. The van der Waals surface area contributed by atoms with E-state index >= 15 is 0 Å². The first-order chi connectivity index (χ1) is 12.1. The maximum Gasteiger partial charge on any atom is 0.410 e. The van der Waals surface area contributed by atoms with Crippen molar-refractivity contribution in [1.82, 2.24) is 9.80 Å². The lowest BCUT2D eigenvalue weighted by molar-refractivity contribution is -0.0262. The van der Waals surface area contributed by atoms with Gasteiger partial charge in [0, 0.05) is 32.5 Å². The third-order valence-corrected chi connectivity index (χ3v) is 5.55. The molecular formula is C19H28N2O4. The molecule has 1 aromatic rings. The second kappa shape index (κ2) is 7.72. The Morgan fingerprint density at radius 1 is 1.16 bits per heavy atom. The summed E-state index contributed by atoms with van der Waals surface area (Å²) in [6.45, 7) is 4.75. The molecule has 0 unspecified atom stereocenters. The number of piperidine rings is 1. The Labute approximate surface area is 149 Å². The SMILES string of the molecule is C[C@@H](CN1CC2(CCN(C(CO)CO)CC2)OC1=O)c1ccccc1. The Morgan fingerprint density at radius 3 is 2.40 bits per heavy atom. The van der Waals surface area contributed by atoms with Gasteiger partial charge in [-0.25, -0.2) is 4.79 Å². The number of rotatable bonds is 6. The zero-order valence-electron chi connectivity index (χ0n) is 14.8. The Hall–Kier alpha value is -1.63. The monoisotopic (exact) mass is 348 g/mol. The third-order valence-electron chi connectivity index (χ3n) is 5.55. The molecule has 1 atom stereocenters. The smallest absolute Gasteiger partial charge is 0.410 e. The zero-order chi connectivity index (χ0) is 17.9. The van der Waals surface area contributed by atoms with Crippen LogP contribution in [-0.4, -0.2) is 77.1 Å². The molecule has 0 aromatic heterocycles. The van der Waals surface area contributed by atoms with E-state index in [1.165, 1.54) is 5.56 Å². The van der Waals surface area contributed by atoms with Crippen LogP contribution in [0.15, 0.2) is 30.3 Å². The average molecular weight is 348 g/mol. The summed E-state index contributed by atoms with van der Waals surface area (Å²) in [6, 6.07) is 9.99. The number of likely N-dealkylation sites (tertiary alicyclic amines) is 1. The van der Waals surface area contributed by atoms with E-state index in [4.69, 9.17) is 4.74 Å². The van der Waals surface area contributed by atoms with Crippen LogP contribution in [0, 0.1) is 0 Å². The normalized spacial score (nSPS) is 21.8. The number of carbonyl (C=O) groups excluding carboxylic acids is 1. The first-order valence-electron chi connectivity index (χ1n) is 9.05. The molecule has 6 nitrogen and oxygen atoms in total. The summed E-state index contributed by atoms with van der Waals surface area (Å²) < 4.78 is 5.77. The van der Waals surface area contributed by atoms with Crippen LogP contribution in [0.2, 0.25) is 0 Å². The fourth-order valence-electron chi connectivity index (χ4n) is 3.90. The van der Waals surface area contributed by atoms with Gasteiger partial charge in [-0.15, -0.1) is 0 Å². The summed E-state index contributed by atoms with van der Waals surface area (Å²) in [7, 11) is 0. The lowest BCUT2D eigenvalue weighted by Gasteiger charge is -2.40. The van der Waals surface area contributed by atoms with Crippen LogP contribution in [0.5, 0.6) is 0 Å². The van der Waals surface area contributed by atoms with Crippen LogP contribution in [0.1, 0.15) is 31.2 Å². The molecule has 2 saturated heterocycles. The Balaban J connectivity index is 1.58. The maximum absolute atomic E-state index is 12.4. The summed E-state index contributed by atoms with van der Waals surface area (Å²) in [5.41, 5.74) is 0.805. The molecule has 2 aliphatic heterocycles. The van der Waals surface area contributed by atoms with Crippen molar-refractivity contribution in [3.8, 4) is 0 Å². The Morgan fingerprint density at radius 2 is 1.80 bits per heavy atom. The zero-order valence-corrected chi connectivity index (χ0v) is 14.8. The summed E-state index contributed by atoms with van der Waals surface area (Å²) in [4.78, 5) is 16.3. The van der Waals surface area contributed by atoms with Crippen molar-refractivity contribution >= 4 is 6.09 Å². The molecule has 0 bridgehead atoms. The number of carbonyl (C=O) groups is 1. The molecule has 3 rings (SSSR count). The van der Waals surface area contributed by atoms with Gasteiger partial charge in [-0.05, 0) is 11.5 Å². The molecule has 138 valence electrons. The predicted octanol–water partition coefficient (Wildman–Crippen LogP) is 1.43. The van der Waals surface area contributed by atoms with E-state index in [1.807, 2.05) is 23.1 Å². The van der Waals surface area contributed by atoms with Gasteiger partial charge in [0.1, 0.15) is 5.60 Å². The molecule has 2 heterocycles. The number of benzene rings is 1. The molecule has 1 amide bonds. The molecule has 2 aliphatic rings. The molecule has 2 N–H and O–H groups in total. The van der Waals surface area contributed by atoms with E-state index in [0.29, 0.717) is 13.1 Å². The van der Waals surface area contributed by atoms with E-state index in [9.17, 15) is 15.0 Å². The van der Waals surface area contributed by atoms with E-state index < -0.39 is 5.60 Å². The van der Waals surface area contributed by atoms with Crippen LogP contribution in [-0.2, 0) is 4.74 Å². The van der Waals surface area contributed by atoms with E-state index in [0.717, 1.165) is 25.9 Å². The molecule has 0 aliphatic carbocycles. The van der Waals surface area contributed by atoms with Crippen molar-refractivity contribution in [3.63, 3.8) is 0 Å². The van der Waals surface area contributed by atoms with E-state index in [1.54, 1.807) is 0 Å². The van der Waals surface area contributed by atoms with Gasteiger partial charge in [-0.3, -0.25) is 4.90 Å². The van der Waals surface area contributed by atoms with Gasteiger partial charge in [0.2, 0.25) is 0 Å². The van der Waals surface area contributed by atoms with Crippen molar-refractivity contribution in [2.45, 2.75) is 37.3 Å². The van der Waals surface area contributed by atoms with Crippen molar-refractivity contribution in [2.75, 3.05) is 39.4 Å². The number of amides is 1. The lowest BCUT2D eigenvalue weighted by atomic mass is 9.90.